The van der Waals surface area contributed by atoms with Crippen molar-refractivity contribution in [2.24, 2.45) is 5.92 Å². The number of aromatic nitrogens is 1. The zero-order valence-corrected chi connectivity index (χ0v) is 14.2. The molecule has 0 amide bonds. The number of Topliss-reactive ketones (excluding diaryl/α,β-unsaturated/α-hetero) is 2. The van der Waals surface area contributed by atoms with E-state index in [9.17, 15) is 14.0 Å². The van der Waals surface area contributed by atoms with Crippen molar-refractivity contribution < 1.29 is 18.7 Å². The van der Waals surface area contributed by atoms with E-state index in [0.717, 1.165) is 12.6 Å². The summed E-state index contributed by atoms with van der Waals surface area (Å²) in [6, 6.07) is 9.79. The first-order valence-electron chi connectivity index (χ1n) is 8.72. The lowest BCUT2D eigenvalue weighted by atomic mass is 9.79. The van der Waals surface area contributed by atoms with Crippen molar-refractivity contribution in [2.75, 3.05) is 13.2 Å². The van der Waals surface area contributed by atoms with E-state index in [1.54, 1.807) is 30.3 Å². The molecule has 1 aromatic heterocycles. The van der Waals surface area contributed by atoms with Gasteiger partial charge in [0.05, 0.1) is 19.4 Å². The molecule has 1 aliphatic carbocycles. The van der Waals surface area contributed by atoms with Crippen molar-refractivity contribution in [3.05, 3.63) is 76.4 Å². The summed E-state index contributed by atoms with van der Waals surface area (Å²) >= 11 is 0. The molecule has 0 unspecified atom stereocenters. The van der Waals surface area contributed by atoms with Gasteiger partial charge in [-0.3, -0.25) is 14.6 Å². The van der Waals surface area contributed by atoms with Crippen LogP contribution in [0.2, 0.25) is 0 Å². The molecule has 0 radical (unpaired) electrons. The molecule has 4 rings (SSSR count). The van der Waals surface area contributed by atoms with Crippen LogP contribution in [0.5, 0.6) is 0 Å². The molecule has 4 nitrogen and oxygen atoms in total. The highest BCUT2D eigenvalue weighted by atomic mass is 19.1. The molecule has 1 saturated heterocycles. The Balaban J connectivity index is 1.70. The maximum atomic E-state index is 13.1. The molecule has 1 aliphatic heterocycles. The number of hydrogen-bond donors (Lipinski definition) is 0. The summed E-state index contributed by atoms with van der Waals surface area (Å²) < 4.78 is 18.3. The van der Waals surface area contributed by atoms with Crippen LogP contribution in [-0.4, -0.2) is 29.8 Å². The molecule has 26 heavy (non-hydrogen) atoms. The minimum absolute atomic E-state index is 0.0856. The fourth-order valence-electron chi connectivity index (χ4n) is 3.42. The van der Waals surface area contributed by atoms with Crippen LogP contribution >= 0.6 is 0 Å². The minimum atomic E-state index is -0.427. The predicted molar refractivity (Wildman–Crippen MR) is 93.6 cm³/mol. The number of nitrogens with zero attached hydrogens (tertiary/aromatic N) is 1. The van der Waals surface area contributed by atoms with E-state index in [2.05, 4.69) is 4.98 Å². The molecule has 0 saturated carbocycles. The summed E-state index contributed by atoms with van der Waals surface area (Å²) in [7, 11) is 0. The number of halogens is 1. The highest BCUT2D eigenvalue weighted by molar-refractivity contribution is 6.27. The molecule has 0 N–H and O–H groups in total. The zero-order chi connectivity index (χ0) is 18.1. The SMILES string of the molecule is O=C1C(CCC2COC2)=C(Cc2ccc(F)cn2)C(=O)c2ccccc21. The molecule has 0 bridgehead atoms. The van der Waals surface area contributed by atoms with E-state index < -0.39 is 5.82 Å². The average Bonchev–Trinajstić information content (AvgIpc) is 2.62. The quantitative estimate of drug-likeness (QED) is 0.826. The first-order valence-corrected chi connectivity index (χ1v) is 8.72. The van der Waals surface area contributed by atoms with E-state index in [4.69, 9.17) is 4.74 Å². The van der Waals surface area contributed by atoms with Crippen LogP contribution < -0.4 is 0 Å². The normalized spacial score (nSPS) is 17.3. The smallest absolute Gasteiger partial charge is 0.190 e. The van der Waals surface area contributed by atoms with E-state index >= 15 is 0 Å². The van der Waals surface area contributed by atoms with Crippen molar-refractivity contribution in [1.29, 1.82) is 0 Å². The van der Waals surface area contributed by atoms with Crippen LogP contribution in [0.1, 0.15) is 39.3 Å². The van der Waals surface area contributed by atoms with Crippen LogP contribution in [-0.2, 0) is 11.2 Å². The van der Waals surface area contributed by atoms with E-state index in [-0.39, 0.29) is 18.0 Å². The molecule has 0 atom stereocenters. The second kappa shape index (κ2) is 6.92. The van der Waals surface area contributed by atoms with Crippen LogP contribution in [0.4, 0.5) is 4.39 Å². The van der Waals surface area contributed by atoms with Gasteiger partial charge in [-0.05, 0) is 25.0 Å². The molecular weight excluding hydrogens is 333 g/mol. The highest BCUT2D eigenvalue weighted by Crippen LogP contribution is 2.32. The number of carbonyl (C=O) groups excluding carboxylic acids is 2. The Morgan fingerprint density at radius 1 is 1.00 bits per heavy atom. The Hall–Kier alpha value is -2.66. The number of ether oxygens (including phenoxy) is 1. The molecule has 2 heterocycles. The third kappa shape index (κ3) is 3.10. The average molecular weight is 351 g/mol. The summed E-state index contributed by atoms with van der Waals surface area (Å²) in [5, 5.41) is 0. The van der Waals surface area contributed by atoms with Crippen molar-refractivity contribution in [2.45, 2.75) is 19.3 Å². The van der Waals surface area contributed by atoms with Crippen molar-refractivity contribution in [1.82, 2.24) is 4.98 Å². The Labute approximate surface area is 150 Å². The molecule has 1 fully saturated rings. The second-order valence-electron chi connectivity index (χ2n) is 6.75. The van der Waals surface area contributed by atoms with Gasteiger partial charge in [-0.15, -0.1) is 0 Å². The molecule has 132 valence electrons. The van der Waals surface area contributed by atoms with Crippen LogP contribution in [0.3, 0.4) is 0 Å². The maximum absolute atomic E-state index is 13.1. The fraction of sp³-hybridized carbons (Fsp3) is 0.286. The zero-order valence-electron chi connectivity index (χ0n) is 14.2. The summed E-state index contributed by atoms with van der Waals surface area (Å²) in [5.74, 6) is -0.208. The van der Waals surface area contributed by atoms with Crippen molar-refractivity contribution >= 4 is 11.6 Å². The first kappa shape index (κ1) is 16.8. The number of allylic oxidation sites excluding steroid dienone is 2. The number of rotatable bonds is 5. The number of ketones is 2. The third-order valence-corrected chi connectivity index (χ3v) is 4.98. The van der Waals surface area contributed by atoms with Gasteiger partial charge < -0.3 is 4.74 Å². The van der Waals surface area contributed by atoms with Gasteiger partial charge in [0.25, 0.3) is 0 Å². The van der Waals surface area contributed by atoms with Gasteiger partial charge in [-0.2, -0.15) is 0 Å². The lowest BCUT2D eigenvalue weighted by Crippen LogP contribution is -2.29. The third-order valence-electron chi connectivity index (χ3n) is 4.98. The molecule has 0 spiro atoms. The van der Waals surface area contributed by atoms with Gasteiger partial charge in [0.2, 0.25) is 0 Å². The van der Waals surface area contributed by atoms with Gasteiger partial charge in [-0.25, -0.2) is 4.39 Å². The van der Waals surface area contributed by atoms with E-state index in [0.29, 0.717) is 53.5 Å². The van der Waals surface area contributed by atoms with Crippen LogP contribution in [0, 0.1) is 11.7 Å². The van der Waals surface area contributed by atoms with Crippen molar-refractivity contribution in [3.63, 3.8) is 0 Å². The predicted octanol–water partition coefficient (Wildman–Crippen LogP) is 3.57. The lowest BCUT2D eigenvalue weighted by molar-refractivity contribution is -0.0352. The molecule has 5 heteroatoms. The van der Waals surface area contributed by atoms with Crippen molar-refractivity contribution in [3.8, 4) is 0 Å². The Kier molecular flexibility index (Phi) is 4.47. The van der Waals surface area contributed by atoms with Gasteiger partial charge in [-0.1, -0.05) is 24.3 Å². The number of hydrogen-bond acceptors (Lipinski definition) is 4. The van der Waals surface area contributed by atoms with Gasteiger partial charge in [0.1, 0.15) is 5.82 Å². The first-order chi connectivity index (χ1) is 12.6. The Bertz CT molecular complexity index is 898. The molecule has 1 aromatic carbocycles. The lowest BCUT2D eigenvalue weighted by Gasteiger charge is -2.27. The summed E-state index contributed by atoms with van der Waals surface area (Å²) in [6.07, 6.45) is 2.72. The standard InChI is InChI=1S/C21H18FNO3/c22-14-6-7-15(23-10-14)9-19-18(8-5-13-11-26-12-13)20(24)16-3-1-2-4-17(16)21(19)25/h1-4,6-7,10,13H,5,8-9,11-12H2. The Morgan fingerprint density at radius 2 is 1.69 bits per heavy atom. The Morgan fingerprint density at radius 3 is 2.27 bits per heavy atom. The summed E-state index contributed by atoms with van der Waals surface area (Å²) in [6.45, 7) is 1.42. The molecular formula is C21H18FNO3. The minimum Gasteiger partial charge on any atom is -0.381 e. The topological polar surface area (TPSA) is 56.3 Å². The van der Waals surface area contributed by atoms with E-state index in [1.807, 2.05) is 0 Å². The van der Waals surface area contributed by atoms with Crippen LogP contribution in [0.25, 0.3) is 0 Å². The monoisotopic (exact) mass is 351 g/mol. The second-order valence-corrected chi connectivity index (χ2v) is 6.75. The highest BCUT2D eigenvalue weighted by Gasteiger charge is 2.32. The number of fused-ring (bicyclic) bond motifs is 1. The fourth-order valence-corrected chi connectivity index (χ4v) is 3.42. The number of pyridine rings is 1. The summed E-state index contributed by atoms with van der Waals surface area (Å²) in [4.78, 5) is 30.1. The molecule has 2 aromatic rings. The van der Waals surface area contributed by atoms with Gasteiger partial charge >= 0.3 is 0 Å². The summed E-state index contributed by atoms with van der Waals surface area (Å²) in [5.41, 5.74) is 2.52. The largest absolute Gasteiger partial charge is 0.381 e. The maximum Gasteiger partial charge on any atom is 0.190 e. The van der Waals surface area contributed by atoms with Gasteiger partial charge in [0.15, 0.2) is 11.6 Å². The molecule has 2 aliphatic rings. The van der Waals surface area contributed by atoms with Gasteiger partial charge in [0, 0.05) is 40.3 Å². The van der Waals surface area contributed by atoms with E-state index in [1.165, 1.54) is 6.07 Å². The number of carbonyl (C=O) groups is 2. The number of benzene rings is 1. The van der Waals surface area contributed by atoms with Crippen LogP contribution in [0.15, 0.2) is 53.7 Å².